The third-order valence-corrected chi connectivity index (χ3v) is 5.70. The molecule has 162 valence electrons. The van der Waals surface area contributed by atoms with Crippen molar-refractivity contribution in [3.05, 3.63) is 79.2 Å². The Morgan fingerprint density at radius 2 is 2.09 bits per heavy atom. The number of imidazole rings is 2. The van der Waals surface area contributed by atoms with Gasteiger partial charge in [-0.3, -0.25) is 14.5 Å². The Bertz CT molecular complexity index is 1240. The van der Waals surface area contributed by atoms with E-state index in [0.29, 0.717) is 6.54 Å². The Hall–Kier alpha value is -3.99. The van der Waals surface area contributed by atoms with Crippen LogP contribution in [0.25, 0.3) is 5.82 Å². The van der Waals surface area contributed by atoms with Crippen molar-refractivity contribution in [3.63, 3.8) is 0 Å². The largest absolute Gasteiger partial charge is 0.328 e. The summed E-state index contributed by atoms with van der Waals surface area (Å²) in [6.45, 7) is 2.85. The average Bonchev–Trinajstić information content (AvgIpc) is 3.52. The van der Waals surface area contributed by atoms with Crippen molar-refractivity contribution in [2.24, 2.45) is 0 Å². The summed E-state index contributed by atoms with van der Waals surface area (Å²) in [5.74, 6) is 2.44. The fourth-order valence-corrected chi connectivity index (χ4v) is 4.16. The number of hydrogen-bond donors (Lipinski definition) is 3. The van der Waals surface area contributed by atoms with Gasteiger partial charge in [-0.05, 0) is 43.1 Å². The van der Waals surface area contributed by atoms with Crippen molar-refractivity contribution in [1.82, 2.24) is 33.6 Å². The molecule has 0 spiro atoms. The summed E-state index contributed by atoms with van der Waals surface area (Å²) in [5.41, 5.74) is 1.73. The van der Waals surface area contributed by atoms with Crippen LogP contribution >= 0.6 is 11.9 Å². The van der Waals surface area contributed by atoms with Crippen LogP contribution in [0.15, 0.2) is 72.5 Å². The highest BCUT2D eigenvalue weighted by Crippen LogP contribution is 2.30. The molecule has 4 aromatic rings. The lowest BCUT2D eigenvalue weighted by molar-refractivity contribution is -0.116. The Kier molecular flexibility index (Phi) is 5.38. The second-order valence-electron chi connectivity index (χ2n) is 7.26. The van der Waals surface area contributed by atoms with Gasteiger partial charge in [0.25, 0.3) is 0 Å². The zero-order valence-electron chi connectivity index (χ0n) is 17.3. The molecule has 10 nitrogen and oxygen atoms in total. The SMILES string of the molecule is Cc1cc(NC2=CN(Sc3ccc(NC(=O)Cn4ccnc4)cc3)Cc3nccn32)n[nH]1. The molecule has 1 aromatic carbocycles. The summed E-state index contributed by atoms with van der Waals surface area (Å²) < 4.78 is 5.85. The second kappa shape index (κ2) is 8.63. The molecule has 0 unspecified atom stereocenters. The number of nitrogens with one attached hydrogen (secondary N) is 3. The van der Waals surface area contributed by atoms with Crippen molar-refractivity contribution in [2.75, 3.05) is 10.6 Å². The number of fused-ring (bicyclic) bond motifs is 1. The maximum Gasteiger partial charge on any atom is 0.244 e. The number of carbonyl (C=O) groups is 1. The monoisotopic (exact) mass is 447 g/mol. The van der Waals surface area contributed by atoms with E-state index in [-0.39, 0.29) is 12.5 Å². The number of benzene rings is 1. The Balaban J connectivity index is 1.25. The summed E-state index contributed by atoms with van der Waals surface area (Å²) in [4.78, 5) is 21.6. The molecule has 1 amide bonds. The molecule has 0 radical (unpaired) electrons. The first kappa shape index (κ1) is 19.9. The molecule has 0 atom stereocenters. The van der Waals surface area contributed by atoms with E-state index in [1.807, 2.05) is 54.2 Å². The number of hydrogen-bond acceptors (Lipinski definition) is 7. The van der Waals surface area contributed by atoms with Gasteiger partial charge in [0.2, 0.25) is 5.91 Å². The molecule has 11 heteroatoms. The molecule has 5 rings (SSSR count). The minimum Gasteiger partial charge on any atom is -0.328 e. The standard InChI is InChI=1S/C21H21N9OS/c1-15-10-18(27-26-15)25-20-12-29(11-19-23-7-9-30(19)20)32-17-4-2-16(3-5-17)24-21(31)13-28-8-6-22-14-28/h2-10,12,14H,11,13H2,1H3,(H,24,31)(H2,25,26,27). The van der Waals surface area contributed by atoms with Crippen molar-refractivity contribution in [2.45, 2.75) is 24.9 Å². The van der Waals surface area contributed by atoms with Gasteiger partial charge in [-0.1, -0.05) is 0 Å². The molecule has 3 aromatic heterocycles. The maximum absolute atomic E-state index is 12.2. The van der Waals surface area contributed by atoms with Crippen molar-refractivity contribution >= 4 is 35.2 Å². The third-order valence-electron chi connectivity index (χ3n) is 4.75. The highest BCUT2D eigenvalue weighted by Gasteiger charge is 2.19. The van der Waals surface area contributed by atoms with Gasteiger partial charge in [0, 0.05) is 47.1 Å². The number of aromatic amines is 1. The van der Waals surface area contributed by atoms with Crippen molar-refractivity contribution in [3.8, 4) is 0 Å². The first-order valence-corrected chi connectivity index (χ1v) is 10.7. The summed E-state index contributed by atoms with van der Waals surface area (Å²) in [7, 11) is 0. The lowest BCUT2D eigenvalue weighted by Crippen LogP contribution is -2.23. The summed E-state index contributed by atoms with van der Waals surface area (Å²) >= 11 is 1.59. The molecule has 0 fully saturated rings. The number of aromatic nitrogens is 6. The predicted octanol–water partition coefficient (Wildman–Crippen LogP) is 3.14. The van der Waals surface area contributed by atoms with E-state index >= 15 is 0 Å². The van der Waals surface area contributed by atoms with Crippen LogP contribution in [-0.2, 0) is 17.9 Å². The maximum atomic E-state index is 12.2. The van der Waals surface area contributed by atoms with Crippen molar-refractivity contribution < 1.29 is 4.79 Å². The van der Waals surface area contributed by atoms with Gasteiger partial charge in [0.15, 0.2) is 5.82 Å². The summed E-state index contributed by atoms with van der Waals surface area (Å²) in [6.07, 6.45) is 10.8. The minimum absolute atomic E-state index is 0.0986. The molecule has 0 aliphatic carbocycles. The molecular weight excluding hydrogens is 426 g/mol. The number of anilines is 2. The normalized spacial score (nSPS) is 12.9. The smallest absolute Gasteiger partial charge is 0.244 e. The summed E-state index contributed by atoms with van der Waals surface area (Å²) in [6, 6.07) is 9.71. The first-order chi connectivity index (χ1) is 15.6. The van der Waals surface area contributed by atoms with Crippen LogP contribution in [0.5, 0.6) is 0 Å². The second-order valence-corrected chi connectivity index (χ2v) is 8.39. The highest BCUT2D eigenvalue weighted by molar-refractivity contribution is 7.97. The average molecular weight is 448 g/mol. The molecule has 1 aliphatic heterocycles. The Labute approximate surface area is 188 Å². The van der Waals surface area contributed by atoms with Crippen LogP contribution < -0.4 is 10.6 Å². The van der Waals surface area contributed by atoms with E-state index in [9.17, 15) is 4.79 Å². The zero-order chi connectivity index (χ0) is 21.9. The topological polar surface area (TPSA) is 109 Å². The van der Waals surface area contributed by atoms with Gasteiger partial charge in [0.05, 0.1) is 19.1 Å². The van der Waals surface area contributed by atoms with Crippen LogP contribution in [-0.4, -0.2) is 39.5 Å². The van der Waals surface area contributed by atoms with Crippen molar-refractivity contribution in [1.29, 1.82) is 0 Å². The van der Waals surface area contributed by atoms with E-state index in [0.717, 1.165) is 33.7 Å². The minimum atomic E-state index is -0.0986. The number of amides is 1. The van der Waals surface area contributed by atoms with Crippen LogP contribution in [0.1, 0.15) is 11.5 Å². The van der Waals surface area contributed by atoms with Crippen LogP contribution in [0.3, 0.4) is 0 Å². The number of aryl methyl sites for hydroxylation is 1. The lowest BCUT2D eigenvalue weighted by atomic mass is 10.3. The Morgan fingerprint density at radius 1 is 1.22 bits per heavy atom. The molecule has 3 N–H and O–H groups in total. The lowest BCUT2D eigenvalue weighted by Gasteiger charge is -2.26. The molecule has 4 heterocycles. The van der Waals surface area contributed by atoms with E-state index < -0.39 is 0 Å². The molecule has 0 bridgehead atoms. The van der Waals surface area contributed by atoms with E-state index in [4.69, 9.17) is 0 Å². The van der Waals surface area contributed by atoms with E-state index in [1.165, 1.54) is 0 Å². The van der Waals surface area contributed by atoms with Gasteiger partial charge < -0.3 is 19.5 Å². The van der Waals surface area contributed by atoms with Gasteiger partial charge in [-0.15, -0.1) is 0 Å². The number of nitrogens with zero attached hydrogens (tertiary/aromatic N) is 6. The van der Waals surface area contributed by atoms with Gasteiger partial charge in [0.1, 0.15) is 18.2 Å². The molecule has 1 aliphatic rings. The fraction of sp³-hybridized carbons (Fsp3) is 0.143. The van der Waals surface area contributed by atoms with Crippen LogP contribution in [0.2, 0.25) is 0 Å². The zero-order valence-corrected chi connectivity index (χ0v) is 18.1. The molecule has 32 heavy (non-hydrogen) atoms. The predicted molar refractivity (Wildman–Crippen MR) is 122 cm³/mol. The van der Waals surface area contributed by atoms with Crippen LogP contribution in [0.4, 0.5) is 11.5 Å². The van der Waals surface area contributed by atoms with E-state index in [1.54, 1.807) is 41.4 Å². The van der Waals surface area contributed by atoms with E-state index in [2.05, 4.69) is 35.1 Å². The number of rotatable bonds is 7. The van der Waals surface area contributed by atoms with Gasteiger partial charge in [-0.25, -0.2) is 9.97 Å². The quantitative estimate of drug-likeness (QED) is 0.374. The van der Waals surface area contributed by atoms with Gasteiger partial charge in [-0.2, -0.15) is 5.10 Å². The molecular formula is C21H21N9OS. The number of H-pyrrole nitrogens is 1. The fourth-order valence-electron chi connectivity index (χ4n) is 3.30. The molecule has 0 saturated carbocycles. The Morgan fingerprint density at radius 3 is 2.84 bits per heavy atom. The van der Waals surface area contributed by atoms with Gasteiger partial charge >= 0.3 is 0 Å². The number of carbonyl (C=O) groups excluding carboxylic acids is 1. The molecule has 0 saturated heterocycles. The third kappa shape index (κ3) is 4.52. The summed E-state index contributed by atoms with van der Waals surface area (Å²) in [5, 5.41) is 13.4. The van der Waals surface area contributed by atoms with Crippen LogP contribution in [0, 0.1) is 6.92 Å². The highest BCUT2D eigenvalue weighted by atomic mass is 32.2. The first-order valence-electron chi connectivity index (χ1n) is 9.96.